The second kappa shape index (κ2) is 5.43. The van der Waals surface area contributed by atoms with E-state index >= 15 is 0 Å². The van der Waals surface area contributed by atoms with Gasteiger partial charge in [-0.25, -0.2) is 4.98 Å². The number of primary amides is 1. The van der Waals surface area contributed by atoms with Crippen LogP contribution in [0.2, 0.25) is 0 Å². The van der Waals surface area contributed by atoms with Crippen molar-refractivity contribution in [1.82, 2.24) is 9.55 Å². The van der Waals surface area contributed by atoms with Gasteiger partial charge in [-0.15, -0.1) is 0 Å². The highest BCUT2D eigenvalue weighted by atomic mass is 16.5. The zero-order valence-electron chi connectivity index (χ0n) is 10.7. The molecule has 4 N–H and O–H groups in total. The number of aromatic nitrogens is 2. The smallest absolute Gasteiger partial charge is 0.252 e. The van der Waals surface area contributed by atoms with E-state index in [0.29, 0.717) is 30.0 Å². The zero-order chi connectivity index (χ0) is 13.8. The third-order valence-electron chi connectivity index (χ3n) is 2.80. The number of anilines is 1. The summed E-state index contributed by atoms with van der Waals surface area (Å²) in [6.45, 7) is 0.374. The van der Waals surface area contributed by atoms with Gasteiger partial charge in [0.2, 0.25) is 0 Å². The van der Waals surface area contributed by atoms with Gasteiger partial charge in [-0.2, -0.15) is 0 Å². The molecule has 6 nitrogen and oxygen atoms in total. The fourth-order valence-corrected chi connectivity index (χ4v) is 1.79. The van der Waals surface area contributed by atoms with Crippen LogP contribution in [0.5, 0.6) is 5.75 Å². The number of nitrogen functional groups attached to an aromatic ring is 1. The number of para-hydroxylation sites is 1. The molecule has 1 aromatic carbocycles. The van der Waals surface area contributed by atoms with Crippen LogP contribution in [-0.4, -0.2) is 22.1 Å². The number of amides is 1. The first-order valence-corrected chi connectivity index (χ1v) is 5.87. The van der Waals surface area contributed by atoms with E-state index < -0.39 is 5.91 Å². The topological polar surface area (TPSA) is 96.2 Å². The Morgan fingerprint density at radius 1 is 1.47 bits per heavy atom. The van der Waals surface area contributed by atoms with Crippen LogP contribution in [0, 0.1) is 0 Å². The lowest BCUT2D eigenvalue weighted by molar-refractivity contribution is 0.0996. The van der Waals surface area contributed by atoms with Crippen LogP contribution in [0.15, 0.2) is 30.6 Å². The van der Waals surface area contributed by atoms with Gasteiger partial charge in [0.25, 0.3) is 5.91 Å². The summed E-state index contributed by atoms with van der Waals surface area (Å²) in [5, 5.41) is 0. The minimum Gasteiger partial charge on any atom is -0.490 e. The maximum Gasteiger partial charge on any atom is 0.252 e. The van der Waals surface area contributed by atoms with Gasteiger partial charge in [-0.05, 0) is 12.1 Å². The van der Waals surface area contributed by atoms with Gasteiger partial charge in [0.15, 0.2) is 5.75 Å². The van der Waals surface area contributed by atoms with Gasteiger partial charge in [0, 0.05) is 25.9 Å². The number of nitrogens with two attached hydrogens (primary N) is 2. The lowest BCUT2D eigenvalue weighted by Crippen LogP contribution is -2.15. The number of benzene rings is 1. The number of rotatable bonds is 5. The van der Waals surface area contributed by atoms with Crippen molar-refractivity contribution in [3.63, 3.8) is 0 Å². The van der Waals surface area contributed by atoms with Crippen molar-refractivity contribution in [1.29, 1.82) is 0 Å². The Labute approximate surface area is 111 Å². The fraction of sp³-hybridized carbons (Fsp3) is 0.231. The minimum atomic E-state index is -0.556. The Balaban J connectivity index is 2.07. The van der Waals surface area contributed by atoms with Crippen molar-refractivity contribution in [3.8, 4) is 5.75 Å². The summed E-state index contributed by atoms with van der Waals surface area (Å²) in [7, 11) is 1.91. The number of hydrogen-bond acceptors (Lipinski definition) is 4. The Morgan fingerprint density at radius 2 is 2.26 bits per heavy atom. The molecule has 0 spiro atoms. The molecule has 6 heteroatoms. The zero-order valence-corrected chi connectivity index (χ0v) is 10.7. The van der Waals surface area contributed by atoms with Crippen molar-refractivity contribution in [2.45, 2.75) is 6.42 Å². The maximum absolute atomic E-state index is 11.3. The number of aryl methyl sites for hydroxylation is 1. The van der Waals surface area contributed by atoms with Gasteiger partial charge < -0.3 is 20.8 Å². The molecule has 0 bridgehead atoms. The second-order valence-electron chi connectivity index (χ2n) is 4.14. The highest BCUT2D eigenvalue weighted by Crippen LogP contribution is 2.26. The summed E-state index contributed by atoms with van der Waals surface area (Å²) in [6, 6.07) is 4.93. The van der Waals surface area contributed by atoms with Crippen LogP contribution < -0.4 is 16.2 Å². The molecule has 0 fully saturated rings. The number of hydrogen-bond donors (Lipinski definition) is 2. The molecule has 0 aliphatic heterocycles. The molecule has 19 heavy (non-hydrogen) atoms. The molecule has 0 saturated carbocycles. The lowest BCUT2D eigenvalue weighted by atomic mass is 10.1. The molecule has 100 valence electrons. The van der Waals surface area contributed by atoms with Crippen LogP contribution in [0.25, 0.3) is 0 Å². The van der Waals surface area contributed by atoms with E-state index in [-0.39, 0.29) is 0 Å². The first-order chi connectivity index (χ1) is 9.09. The van der Waals surface area contributed by atoms with E-state index in [0.717, 1.165) is 5.82 Å². The molecule has 0 saturated heterocycles. The Hall–Kier alpha value is -2.50. The molecule has 0 atom stereocenters. The quantitative estimate of drug-likeness (QED) is 0.774. The number of carbonyl (C=O) groups excluding carboxylic acids is 1. The highest BCUT2D eigenvalue weighted by Gasteiger charge is 2.12. The van der Waals surface area contributed by atoms with Crippen molar-refractivity contribution < 1.29 is 9.53 Å². The number of nitrogens with zero attached hydrogens (tertiary/aromatic N) is 2. The van der Waals surface area contributed by atoms with Crippen LogP contribution >= 0.6 is 0 Å². The second-order valence-corrected chi connectivity index (χ2v) is 4.14. The summed E-state index contributed by atoms with van der Waals surface area (Å²) in [5.41, 5.74) is 11.8. The first-order valence-electron chi connectivity index (χ1n) is 5.87. The minimum absolute atomic E-state index is 0.292. The summed E-state index contributed by atoms with van der Waals surface area (Å²) in [4.78, 5) is 15.5. The van der Waals surface area contributed by atoms with E-state index in [1.807, 2.05) is 17.8 Å². The number of imidazole rings is 1. The van der Waals surface area contributed by atoms with Crippen LogP contribution in [0.3, 0.4) is 0 Å². The Bertz CT molecular complexity index is 592. The van der Waals surface area contributed by atoms with E-state index in [2.05, 4.69) is 4.98 Å². The Morgan fingerprint density at radius 3 is 2.89 bits per heavy atom. The van der Waals surface area contributed by atoms with Gasteiger partial charge in [0.05, 0.1) is 17.9 Å². The van der Waals surface area contributed by atoms with Crippen LogP contribution in [-0.2, 0) is 13.5 Å². The van der Waals surface area contributed by atoms with E-state index in [1.165, 1.54) is 0 Å². The molecule has 1 amide bonds. The summed E-state index contributed by atoms with van der Waals surface area (Å²) >= 11 is 0. The van der Waals surface area contributed by atoms with Gasteiger partial charge in [0.1, 0.15) is 5.82 Å². The summed E-state index contributed by atoms with van der Waals surface area (Å²) in [5.74, 6) is 0.679. The number of carbonyl (C=O) groups is 1. The van der Waals surface area contributed by atoms with Crippen LogP contribution in [0.4, 0.5) is 5.69 Å². The summed E-state index contributed by atoms with van der Waals surface area (Å²) in [6.07, 6.45) is 4.21. The molecule has 1 heterocycles. The molecule has 0 radical (unpaired) electrons. The first kappa shape index (κ1) is 12.9. The molecular weight excluding hydrogens is 244 g/mol. The average Bonchev–Trinajstić information content (AvgIpc) is 2.77. The van der Waals surface area contributed by atoms with Crippen LogP contribution in [0.1, 0.15) is 16.2 Å². The van der Waals surface area contributed by atoms with Crippen molar-refractivity contribution >= 4 is 11.6 Å². The predicted molar refractivity (Wildman–Crippen MR) is 71.8 cm³/mol. The molecule has 0 aliphatic carbocycles. The third-order valence-corrected chi connectivity index (χ3v) is 2.80. The third kappa shape index (κ3) is 2.85. The van der Waals surface area contributed by atoms with E-state index in [9.17, 15) is 4.79 Å². The van der Waals surface area contributed by atoms with Crippen molar-refractivity contribution in [2.75, 3.05) is 12.3 Å². The van der Waals surface area contributed by atoms with E-state index in [4.69, 9.17) is 16.2 Å². The van der Waals surface area contributed by atoms with Crippen molar-refractivity contribution in [2.24, 2.45) is 12.8 Å². The normalized spacial score (nSPS) is 10.4. The fourth-order valence-electron chi connectivity index (χ4n) is 1.79. The average molecular weight is 260 g/mol. The molecule has 1 aromatic heterocycles. The standard InChI is InChI=1S/C13H16N4O2/c1-17-7-6-16-11(17)5-8-19-12-9(13(15)18)3-2-4-10(12)14/h2-4,6-7H,5,8,14H2,1H3,(H2,15,18). The molecular formula is C13H16N4O2. The van der Waals surface area contributed by atoms with Gasteiger partial charge >= 0.3 is 0 Å². The molecule has 0 aliphatic rings. The van der Waals surface area contributed by atoms with Crippen molar-refractivity contribution in [3.05, 3.63) is 42.0 Å². The number of ether oxygens (including phenoxy) is 1. The van der Waals surface area contributed by atoms with Gasteiger partial charge in [-0.1, -0.05) is 6.07 Å². The van der Waals surface area contributed by atoms with E-state index in [1.54, 1.807) is 24.4 Å². The molecule has 2 rings (SSSR count). The largest absolute Gasteiger partial charge is 0.490 e. The molecule has 2 aromatic rings. The highest BCUT2D eigenvalue weighted by molar-refractivity contribution is 5.97. The SMILES string of the molecule is Cn1ccnc1CCOc1c(N)cccc1C(N)=O. The van der Waals surface area contributed by atoms with Gasteiger partial charge in [-0.3, -0.25) is 4.79 Å². The monoisotopic (exact) mass is 260 g/mol. The maximum atomic E-state index is 11.3. The molecule has 0 unspecified atom stereocenters. The summed E-state index contributed by atoms with van der Waals surface area (Å²) < 4.78 is 7.49. The predicted octanol–water partition coefficient (Wildman–Crippen LogP) is 0.723. The Kier molecular flexibility index (Phi) is 3.70. The lowest BCUT2D eigenvalue weighted by Gasteiger charge is -2.11.